The third-order valence-electron chi connectivity index (χ3n) is 7.50. The normalized spacial score (nSPS) is 14.6. The largest absolute Gasteiger partial charge is 0.472 e. The molecule has 3 atom stereocenters. The van der Waals surface area contributed by atoms with Crippen LogP contribution in [0.15, 0.2) is 48.6 Å². The Morgan fingerprint density at radius 2 is 1.12 bits per heavy atom. The first-order valence-corrected chi connectivity index (χ1v) is 20.1. The van der Waals surface area contributed by atoms with Crippen molar-refractivity contribution in [1.29, 1.82) is 0 Å². The fourth-order valence-electron chi connectivity index (χ4n) is 4.63. The molecule has 0 saturated heterocycles. The van der Waals surface area contributed by atoms with Gasteiger partial charge in [0.1, 0.15) is 12.7 Å². The molecule has 0 aromatic carbocycles. The molecule has 0 aromatic rings. The van der Waals surface area contributed by atoms with E-state index in [0.29, 0.717) is 12.8 Å². The van der Waals surface area contributed by atoms with E-state index in [4.69, 9.17) is 19.1 Å². The first-order chi connectivity index (χ1) is 23.7. The van der Waals surface area contributed by atoms with Crippen LogP contribution in [0.5, 0.6) is 0 Å². The van der Waals surface area contributed by atoms with Gasteiger partial charge in [-0.1, -0.05) is 127 Å². The van der Waals surface area contributed by atoms with Gasteiger partial charge in [0, 0.05) is 12.8 Å². The molecule has 0 spiro atoms. The molecule has 0 radical (unpaired) electrons. The average molecular weight is 715 g/mol. The molecule has 49 heavy (non-hydrogen) atoms. The number of carbonyl (C=O) groups is 2. The van der Waals surface area contributed by atoms with Gasteiger partial charge in [-0.3, -0.25) is 18.6 Å². The lowest BCUT2D eigenvalue weighted by Crippen LogP contribution is -2.29. The van der Waals surface area contributed by atoms with Crippen LogP contribution in [0.3, 0.4) is 0 Å². The van der Waals surface area contributed by atoms with E-state index in [1.54, 1.807) is 0 Å². The third-order valence-corrected chi connectivity index (χ3v) is 8.45. The number of esters is 2. The Kier molecular flexibility index (Phi) is 32.9. The number of carbonyl (C=O) groups excluding carboxylic acids is 2. The molecule has 10 nitrogen and oxygen atoms in total. The summed E-state index contributed by atoms with van der Waals surface area (Å²) in [6.45, 7) is 2.18. The highest BCUT2D eigenvalue weighted by atomic mass is 31.2. The van der Waals surface area contributed by atoms with Gasteiger partial charge in [0.15, 0.2) is 6.10 Å². The van der Waals surface area contributed by atoms with Gasteiger partial charge in [0.2, 0.25) is 0 Å². The Morgan fingerprint density at radius 3 is 1.69 bits per heavy atom. The Bertz CT molecular complexity index is 962. The number of hydrogen-bond acceptors (Lipinski definition) is 9. The molecule has 0 aliphatic carbocycles. The second kappa shape index (κ2) is 34.4. The van der Waals surface area contributed by atoms with Crippen LogP contribution in [0.4, 0.5) is 0 Å². The Balaban J connectivity index is 4.42. The first kappa shape index (κ1) is 46.9. The number of aliphatic hydroxyl groups is 2. The molecule has 284 valence electrons. The summed E-state index contributed by atoms with van der Waals surface area (Å²) in [6.07, 6.45) is 33.8. The van der Waals surface area contributed by atoms with E-state index in [0.717, 1.165) is 70.6 Å². The summed E-state index contributed by atoms with van der Waals surface area (Å²) in [5.74, 6) is -0.960. The molecule has 0 fully saturated rings. The molecule has 0 aromatic heterocycles. The van der Waals surface area contributed by atoms with Crippen molar-refractivity contribution in [2.45, 2.75) is 154 Å². The number of phosphoric acid groups is 1. The van der Waals surface area contributed by atoms with Gasteiger partial charge in [0.25, 0.3) is 0 Å². The maximum absolute atomic E-state index is 12.5. The maximum Gasteiger partial charge on any atom is 0.472 e. The van der Waals surface area contributed by atoms with Crippen molar-refractivity contribution in [2.75, 3.05) is 26.4 Å². The molecule has 0 rings (SSSR count). The van der Waals surface area contributed by atoms with E-state index < -0.39 is 51.8 Å². The molecule has 0 saturated carbocycles. The molecule has 3 N–H and O–H groups in total. The molecular weight excluding hydrogens is 647 g/mol. The zero-order valence-corrected chi connectivity index (χ0v) is 31.3. The minimum absolute atomic E-state index is 0.156. The monoisotopic (exact) mass is 714 g/mol. The third kappa shape index (κ3) is 34.2. The Hall–Kier alpha value is -2.07. The number of phosphoric ester groups is 1. The van der Waals surface area contributed by atoms with E-state index in [2.05, 4.69) is 67.0 Å². The zero-order chi connectivity index (χ0) is 36.3. The van der Waals surface area contributed by atoms with E-state index in [1.165, 1.54) is 32.1 Å². The Morgan fingerprint density at radius 1 is 0.633 bits per heavy atom. The molecule has 3 unspecified atom stereocenters. The highest BCUT2D eigenvalue weighted by molar-refractivity contribution is 7.47. The van der Waals surface area contributed by atoms with Crippen LogP contribution in [-0.4, -0.2) is 65.7 Å². The SMILES string of the molecule is CC/C=C\C/C=C\C/C=C\C/C=C\CCCCCCC(=O)OC(COC(=O)CCCCCCCCCCC)COP(=O)(O)OCC(O)CO. The van der Waals surface area contributed by atoms with Crippen molar-refractivity contribution in [1.82, 2.24) is 0 Å². The number of rotatable bonds is 34. The van der Waals surface area contributed by atoms with Crippen LogP contribution >= 0.6 is 7.82 Å². The summed E-state index contributed by atoms with van der Waals surface area (Å²) in [4.78, 5) is 34.7. The number of aliphatic hydroxyl groups excluding tert-OH is 2. The second-order valence-electron chi connectivity index (χ2n) is 12.2. The standard InChI is InChI=1S/C38H67O10P/c1-3-5-7-9-11-13-14-15-16-17-18-19-20-22-24-26-28-30-38(42)48-36(34-47-49(43,44)46-32-35(40)31-39)33-45-37(41)29-27-25-23-21-12-10-8-6-4-2/h5,7,11,13,15-16,18-19,35-36,39-40H,3-4,6,8-10,12,14,17,20-34H2,1-2H3,(H,43,44)/b7-5-,13-11-,16-15-,19-18-. The summed E-state index contributed by atoms with van der Waals surface area (Å²) in [7, 11) is -4.61. The minimum Gasteiger partial charge on any atom is -0.462 e. The summed E-state index contributed by atoms with van der Waals surface area (Å²) in [6, 6.07) is 0. The molecule has 0 heterocycles. The predicted molar refractivity (Wildman–Crippen MR) is 196 cm³/mol. The smallest absolute Gasteiger partial charge is 0.462 e. The van der Waals surface area contributed by atoms with Gasteiger partial charge in [-0.15, -0.1) is 0 Å². The maximum atomic E-state index is 12.5. The van der Waals surface area contributed by atoms with Crippen molar-refractivity contribution in [3.63, 3.8) is 0 Å². The molecule has 0 aliphatic rings. The van der Waals surface area contributed by atoms with E-state index in [1.807, 2.05) is 0 Å². The summed E-state index contributed by atoms with van der Waals surface area (Å²) < 4.78 is 32.5. The fraction of sp³-hybridized carbons (Fsp3) is 0.737. The van der Waals surface area contributed by atoms with Gasteiger partial charge in [0.05, 0.1) is 19.8 Å². The van der Waals surface area contributed by atoms with Crippen molar-refractivity contribution in [2.24, 2.45) is 0 Å². The average Bonchev–Trinajstić information content (AvgIpc) is 3.09. The predicted octanol–water partition coefficient (Wildman–Crippen LogP) is 8.99. The van der Waals surface area contributed by atoms with Gasteiger partial charge < -0.3 is 24.6 Å². The minimum atomic E-state index is -4.61. The number of allylic oxidation sites excluding steroid dienone is 8. The van der Waals surface area contributed by atoms with Crippen LogP contribution in [0.2, 0.25) is 0 Å². The topological polar surface area (TPSA) is 149 Å². The van der Waals surface area contributed by atoms with Gasteiger partial charge in [-0.2, -0.15) is 0 Å². The fourth-order valence-corrected chi connectivity index (χ4v) is 5.42. The molecule has 0 aliphatic heterocycles. The van der Waals surface area contributed by atoms with Crippen LogP contribution in [0, 0.1) is 0 Å². The van der Waals surface area contributed by atoms with Crippen LogP contribution < -0.4 is 0 Å². The highest BCUT2D eigenvalue weighted by Gasteiger charge is 2.27. The van der Waals surface area contributed by atoms with Gasteiger partial charge in [-0.25, -0.2) is 4.57 Å². The summed E-state index contributed by atoms with van der Waals surface area (Å²) >= 11 is 0. The lowest BCUT2D eigenvalue weighted by molar-refractivity contribution is -0.161. The summed E-state index contributed by atoms with van der Waals surface area (Å²) in [5, 5.41) is 18.2. The van der Waals surface area contributed by atoms with E-state index in [9.17, 15) is 24.2 Å². The van der Waals surface area contributed by atoms with Gasteiger partial charge >= 0.3 is 19.8 Å². The number of unbranched alkanes of at least 4 members (excludes halogenated alkanes) is 12. The lowest BCUT2D eigenvalue weighted by atomic mass is 10.1. The molecular formula is C38H67O10P. The van der Waals surface area contributed by atoms with Crippen LogP contribution in [0.1, 0.15) is 142 Å². The molecule has 0 bridgehead atoms. The van der Waals surface area contributed by atoms with Crippen molar-refractivity contribution >= 4 is 19.8 Å². The lowest BCUT2D eigenvalue weighted by Gasteiger charge is -2.20. The van der Waals surface area contributed by atoms with Crippen LogP contribution in [0.25, 0.3) is 0 Å². The van der Waals surface area contributed by atoms with Crippen molar-refractivity contribution in [3.8, 4) is 0 Å². The number of hydrogen-bond donors (Lipinski definition) is 3. The summed E-state index contributed by atoms with van der Waals surface area (Å²) in [5.41, 5.74) is 0. The van der Waals surface area contributed by atoms with E-state index >= 15 is 0 Å². The zero-order valence-electron chi connectivity index (χ0n) is 30.4. The molecule has 0 amide bonds. The highest BCUT2D eigenvalue weighted by Crippen LogP contribution is 2.43. The number of ether oxygens (including phenoxy) is 2. The van der Waals surface area contributed by atoms with E-state index in [-0.39, 0.29) is 19.4 Å². The van der Waals surface area contributed by atoms with Crippen molar-refractivity contribution < 1.29 is 47.8 Å². The van der Waals surface area contributed by atoms with Crippen molar-refractivity contribution in [3.05, 3.63) is 48.6 Å². The van der Waals surface area contributed by atoms with Gasteiger partial charge in [-0.05, 0) is 51.4 Å². The molecule has 11 heteroatoms. The second-order valence-corrected chi connectivity index (χ2v) is 13.7. The quantitative estimate of drug-likeness (QED) is 0.0255. The first-order valence-electron chi connectivity index (χ1n) is 18.6. The Labute approximate surface area is 296 Å². The van der Waals surface area contributed by atoms with Crippen LogP contribution in [-0.2, 0) is 32.7 Å².